The molecule has 0 heterocycles. The van der Waals surface area contributed by atoms with E-state index in [4.69, 9.17) is 4.74 Å². The van der Waals surface area contributed by atoms with Crippen molar-refractivity contribution in [3.05, 3.63) is 28.2 Å². The molecule has 1 aromatic carbocycles. The number of nitrogens with one attached hydrogen (secondary N) is 1. The van der Waals surface area contributed by atoms with Crippen molar-refractivity contribution >= 4 is 15.9 Å². The van der Waals surface area contributed by atoms with E-state index in [0.29, 0.717) is 0 Å². The molecule has 1 aromatic rings. The SMILES string of the molecule is CCCNCc1cccc(Br)c1OC. The largest absolute Gasteiger partial charge is 0.495 e. The Labute approximate surface area is 93.8 Å². The quantitative estimate of drug-likeness (QED) is 0.820. The molecule has 0 aliphatic carbocycles. The smallest absolute Gasteiger partial charge is 0.137 e. The fraction of sp³-hybridized carbons (Fsp3) is 0.455. The summed E-state index contributed by atoms with van der Waals surface area (Å²) < 4.78 is 6.33. The Hall–Kier alpha value is -0.540. The molecular formula is C11H16BrNO. The Morgan fingerprint density at radius 1 is 1.43 bits per heavy atom. The van der Waals surface area contributed by atoms with Gasteiger partial charge in [-0.1, -0.05) is 19.1 Å². The summed E-state index contributed by atoms with van der Waals surface area (Å²) in [5, 5.41) is 3.35. The normalized spacial score (nSPS) is 10.2. The summed E-state index contributed by atoms with van der Waals surface area (Å²) in [6.45, 7) is 4.05. The molecule has 0 saturated carbocycles. The first-order chi connectivity index (χ1) is 6.79. The number of benzene rings is 1. The first-order valence-corrected chi connectivity index (χ1v) is 5.61. The third kappa shape index (κ3) is 3.00. The van der Waals surface area contributed by atoms with Gasteiger partial charge in [-0.3, -0.25) is 0 Å². The predicted octanol–water partition coefficient (Wildman–Crippen LogP) is 2.96. The highest BCUT2D eigenvalue weighted by molar-refractivity contribution is 9.10. The molecule has 0 aliphatic rings. The molecule has 0 amide bonds. The van der Waals surface area contributed by atoms with Crippen LogP contribution >= 0.6 is 15.9 Å². The molecule has 0 aromatic heterocycles. The Bertz CT molecular complexity index is 289. The molecule has 78 valence electrons. The standard InChI is InChI=1S/C11H16BrNO/c1-3-7-13-8-9-5-4-6-10(12)11(9)14-2/h4-6,13H,3,7-8H2,1-2H3. The van der Waals surface area contributed by atoms with Crippen molar-refractivity contribution in [1.29, 1.82) is 0 Å². The Morgan fingerprint density at radius 3 is 2.86 bits per heavy atom. The molecule has 3 heteroatoms. The minimum atomic E-state index is 0.858. The van der Waals surface area contributed by atoms with Crippen LogP contribution in [0.25, 0.3) is 0 Å². The Kier molecular flexibility index (Phi) is 4.98. The molecule has 0 fully saturated rings. The van der Waals surface area contributed by atoms with Gasteiger partial charge in [-0.2, -0.15) is 0 Å². The van der Waals surface area contributed by atoms with Gasteiger partial charge in [0.05, 0.1) is 11.6 Å². The number of rotatable bonds is 5. The summed E-state index contributed by atoms with van der Waals surface area (Å²) in [5.41, 5.74) is 1.19. The van der Waals surface area contributed by atoms with Crippen LogP contribution in [0, 0.1) is 0 Å². The van der Waals surface area contributed by atoms with E-state index in [1.807, 2.05) is 12.1 Å². The van der Waals surface area contributed by atoms with Crippen LogP contribution in [-0.4, -0.2) is 13.7 Å². The summed E-state index contributed by atoms with van der Waals surface area (Å²) in [6, 6.07) is 6.09. The van der Waals surface area contributed by atoms with Gasteiger partial charge in [-0.05, 0) is 35.0 Å². The van der Waals surface area contributed by atoms with Crippen LogP contribution in [0.4, 0.5) is 0 Å². The summed E-state index contributed by atoms with van der Waals surface area (Å²) in [4.78, 5) is 0. The van der Waals surface area contributed by atoms with Gasteiger partial charge in [0.1, 0.15) is 5.75 Å². The van der Waals surface area contributed by atoms with E-state index in [-0.39, 0.29) is 0 Å². The molecule has 1 N–H and O–H groups in total. The first kappa shape index (κ1) is 11.5. The minimum Gasteiger partial charge on any atom is -0.495 e. The molecule has 0 radical (unpaired) electrons. The topological polar surface area (TPSA) is 21.3 Å². The Balaban J connectivity index is 2.70. The third-order valence-corrected chi connectivity index (χ3v) is 2.62. The van der Waals surface area contributed by atoms with Gasteiger partial charge in [0.15, 0.2) is 0 Å². The lowest BCUT2D eigenvalue weighted by Crippen LogP contribution is -2.14. The molecule has 0 bridgehead atoms. The van der Waals surface area contributed by atoms with Crippen LogP contribution in [0.2, 0.25) is 0 Å². The van der Waals surface area contributed by atoms with E-state index >= 15 is 0 Å². The number of hydrogen-bond acceptors (Lipinski definition) is 2. The van der Waals surface area contributed by atoms with Crippen LogP contribution in [-0.2, 0) is 6.54 Å². The molecule has 0 spiro atoms. The zero-order valence-corrected chi connectivity index (χ0v) is 10.2. The lowest BCUT2D eigenvalue weighted by molar-refractivity contribution is 0.405. The molecule has 0 aliphatic heterocycles. The van der Waals surface area contributed by atoms with E-state index in [1.54, 1.807) is 7.11 Å². The van der Waals surface area contributed by atoms with Gasteiger partial charge < -0.3 is 10.1 Å². The second-order valence-corrected chi connectivity index (χ2v) is 3.96. The van der Waals surface area contributed by atoms with Gasteiger partial charge in [-0.15, -0.1) is 0 Å². The van der Waals surface area contributed by atoms with Crippen molar-refractivity contribution in [1.82, 2.24) is 5.32 Å². The van der Waals surface area contributed by atoms with E-state index in [2.05, 4.69) is 34.2 Å². The van der Waals surface area contributed by atoms with Crippen molar-refractivity contribution in [3.8, 4) is 5.75 Å². The maximum atomic E-state index is 5.32. The van der Waals surface area contributed by atoms with Crippen molar-refractivity contribution in [3.63, 3.8) is 0 Å². The minimum absolute atomic E-state index is 0.858. The van der Waals surface area contributed by atoms with Crippen LogP contribution in [0.5, 0.6) is 5.75 Å². The van der Waals surface area contributed by atoms with Gasteiger partial charge in [0.2, 0.25) is 0 Å². The second-order valence-electron chi connectivity index (χ2n) is 3.11. The maximum absolute atomic E-state index is 5.32. The summed E-state index contributed by atoms with van der Waals surface area (Å²) in [7, 11) is 1.70. The molecule has 2 nitrogen and oxygen atoms in total. The van der Waals surface area contributed by atoms with Gasteiger partial charge in [0.25, 0.3) is 0 Å². The summed E-state index contributed by atoms with van der Waals surface area (Å²) in [6.07, 6.45) is 1.15. The highest BCUT2D eigenvalue weighted by Gasteiger charge is 2.05. The first-order valence-electron chi connectivity index (χ1n) is 4.81. The van der Waals surface area contributed by atoms with E-state index < -0.39 is 0 Å². The van der Waals surface area contributed by atoms with Gasteiger partial charge in [-0.25, -0.2) is 0 Å². The molecule has 0 saturated heterocycles. The van der Waals surface area contributed by atoms with E-state index in [9.17, 15) is 0 Å². The lowest BCUT2D eigenvalue weighted by Gasteiger charge is -2.10. The zero-order valence-electron chi connectivity index (χ0n) is 8.64. The van der Waals surface area contributed by atoms with Gasteiger partial charge >= 0.3 is 0 Å². The fourth-order valence-electron chi connectivity index (χ4n) is 1.32. The number of halogens is 1. The highest BCUT2D eigenvalue weighted by atomic mass is 79.9. The predicted molar refractivity (Wildman–Crippen MR) is 62.7 cm³/mol. The van der Waals surface area contributed by atoms with Crippen molar-refractivity contribution < 1.29 is 4.74 Å². The molecule has 0 atom stereocenters. The summed E-state index contributed by atoms with van der Waals surface area (Å²) in [5.74, 6) is 0.927. The maximum Gasteiger partial charge on any atom is 0.137 e. The summed E-state index contributed by atoms with van der Waals surface area (Å²) >= 11 is 3.46. The van der Waals surface area contributed by atoms with Crippen LogP contribution in [0.1, 0.15) is 18.9 Å². The molecular weight excluding hydrogens is 242 g/mol. The average molecular weight is 258 g/mol. The van der Waals surface area contributed by atoms with Crippen LogP contribution in [0.3, 0.4) is 0 Å². The van der Waals surface area contributed by atoms with Crippen molar-refractivity contribution in [2.75, 3.05) is 13.7 Å². The number of ether oxygens (including phenoxy) is 1. The molecule has 14 heavy (non-hydrogen) atoms. The highest BCUT2D eigenvalue weighted by Crippen LogP contribution is 2.28. The van der Waals surface area contributed by atoms with Crippen LogP contribution < -0.4 is 10.1 Å². The monoisotopic (exact) mass is 257 g/mol. The zero-order chi connectivity index (χ0) is 10.4. The average Bonchev–Trinajstić information content (AvgIpc) is 2.18. The second kappa shape index (κ2) is 6.04. The van der Waals surface area contributed by atoms with Crippen molar-refractivity contribution in [2.24, 2.45) is 0 Å². The van der Waals surface area contributed by atoms with Crippen LogP contribution in [0.15, 0.2) is 22.7 Å². The fourth-order valence-corrected chi connectivity index (χ4v) is 1.89. The number of hydrogen-bond donors (Lipinski definition) is 1. The number of para-hydroxylation sites is 1. The van der Waals surface area contributed by atoms with E-state index in [1.165, 1.54) is 5.56 Å². The molecule has 0 unspecified atom stereocenters. The Morgan fingerprint density at radius 2 is 2.21 bits per heavy atom. The number of methoxy groups -OCH3 is 1. The van der Waals surface area contributed by atoms with Gasteiger partial charge in [0, 0.05) is 12.1 Å². The van der Waals surface area contributed by atoms with Crippen molar-refractivity contribution in [2.45, 2.75) is 19.9 Å². The van der Waals surface area contributed by atoms with E-state index in [0.717, 1.165) is 29.7 Å². The third-order valence-electron chi connectivity index (χ3n) is 1.99. The lowest BCUT2D eigenvalue weighted by atomic mass is 10.2. The molecule has 1 rings (SSSR count).